The third-order valence-corrected chi connectivity index (χ3v) is 5.65. The number of carbonyl (C=O) groups is 1. The lowest BCUT2D eigenvalue weighted by Gasteiger charge is -2.04. The van der Waals surface area contributed by atoms with Gasteiger partial charge in [0, 0.05) is 17.2 Å². The summed E-state index contributed by atoms with van der Waals surface area (Å²) in [5.74, 6) is 0.742. The Balaban J connectivity index is 1.53. The molecule has 2 heterocycles. The number of carbonyl (C=O) groups excluding carboxylic acids is 1. The van der Waals surface area contributed by atoms with Gasteiger partial charge in [-0.2, -0.15) is 0 Å². The second kappa shape index (κ2) is 6.96. The van der Waals surface area contributed by atoms with E-state index in [1.807, 2.05) is 55.5 Å². The lowest BCUT2D eigenvalue weighted by molar-refractivity contribution is 0.103. The van der Waals surface area contributed by atoms with E-state index in [0.717, 1.165) is 33.1 Å². The van der Waals surface area contributed by atoms with Crippen LogP contribution in [0.15, 0.2) is 52.9 Å². The van der Waals surface area contributed by atoms with Crippen molar-refractivity contribution < 1.29 is 9.21 Å². The topological polar surface area (TPSA) is 68.0 Å². The first-order valence-electron chi connectivity index (χ1n) is 8.76. The summed E-state index contributed by atoms with van der Waals surface area (Å²) in [5.41, 5.74) is 3.93. The largest absolute Gasteiger partial charge is 0.436 e. The second-order valence-corrected chi connectivity index (χ2v) is 7.67. The van der Waals surface area contributed by atoms with Crippen LogP contribution < -0.4 is 5.32 Å². The number of benzene rings is 2. The monoisotopic (exact) mass is 377 g/mol. The van der Waals surface area contributed by atoms with Gasteiger partial charge in [0.05, 0.1) is 10.7 Å². The average molecular weight is 377 g/mol. The van der Waals surface area contributed by atoms with Crippen molar-refractivity contribution in [3.8, 4) is 11.5 Å². The zero-order chi connectivity index (χ0) is 19.0. The maximum Gasteiger partial charge on any atom is 0.267 e. The predicted molar refractivity (Wildman–Crippen MR) is 108 cm³/mol. The van der Waals surface area contributed by atoms with E-state index >= 15 is 0 Å². The lowest BCUT2D eigenvalue weighted by atomic mass is 10.2. The normalized spacial score (nSPS) is 11.3. The van der Waals surface area contributed by atoms with Crippen LogP contribution in [-0.2, 0) is 0 Å². The molecule has 1 N–H and O–H groups in total. The summed E-state index contributed by atoms with van der Waals surface area (Å²) in [6.07, 6.45) is 0. The molecule has 0 saturated carbocycles. The van der Waals surface area contributed by atoms with Crippen LogP contribution in [-0.4, -0.2) is 15.9 Å². The Kier molecular flexibility index (Phi) is 4.49. The molecule has 6 heteroatoms. The number of hydrogen-bond acceptors (Lipinski definition) is 5. The zero-order valence-corrected chi connectivity index (χ0v) is 16.1. The summed E-state index contributed by atoms with van der Waals surface area (Å²) in [5, 5.41) is 3.91. The highest BCUT2D eigenvalue weighted by Gasteiger charge is 2.17. The number of oxazole rings is 1. The van der Waals surface area contributed by atoms with Crippen molar-refractivity contribution in [2.24, 2.45) is 0 Å². The highest BCUT2D eigenvalue weighted by Crippen LogP contribution is 2.27. The first-order chi connectivity index (χ1) is 13.0. The molecule has 0 bridgehead atoms. The van der Waals surface area contributed by atoms with E-state index in [-0.39, 0.29) is 5.91 Å². The number of nitrogens with one attached hydrogen (secondary N) is 1. The Morgan fingerprint density at radius 2 is 1.81 bits per heavy atom. The molecule has 0 aliphatic rings. The third kappa shape index (κ3) is 3.48. The summed E-state index contributed by atoms with van der Waals surface area (Å²) in [7, 11) is 0. The number of para-hydroxylation sites is 2. The minimum Gasteiger partial charge on any atom is -0.436 e. The van der Waals surface area contributed by atoms with Gasteiger partial charge in [-0.05, 0) is 43.3 Å². The molecule has 0 aliphatic carbocycles. The van der Waals surface area contributed by atoms with Crippen molar-refractivity contribution in [3.05, 3.63) is 64.1 Å². The Labute approximate surface area is 161 Å². The van der Waals surface area contributed by atoms with Gasteiger partial charge in [-0.25, -0.2) is 9.97 Å². The fourth-order valence-electron chi connectivity index (χ4n) is 2.75. The SMILES string of the molecule is Cc1nc(C(C)C)sc1C(=O)Nc1ccc(-c2nc3ccccc3o2)cc1. The van der Waals surface area contributed by atoms with Gasteiger partial charge in [0.1, 0.15) is 10.4 Å². The maximum absolute atomic E-state index is 12.6. The molecule has 27 heavy (non-hydrogen) atoms. The molecular formula is C21H19N3O2S. The number of rotatable bonds is 4. The van der Waals surface area contributed by atoms with Crippen molar-refractivity contribution in [3.63, 3.8) is 0 Å². The van der Waals surface area contributed by atoms with Crippen molar-refractivity contribution in [1.82, 2.24) is 9.97 Å². The maximum atomic E-state index is 12.6. The van der Waals surface area contributed by atoms with Gasteiger partial charge < -0.3 is 9.73 Å². The van der Waals surface area contributed by atoms with E-state index in [2.05, 4.69) is 29.1 Å². The smallest absolute Gasteiger partial charge is 0.267 e. The van der Waals surface area contributed by atoms with Crippen LogP contribution in [0.3, 0.4) is 0 Å². The van der Waals surface area contributed by atoms with Crippen LogP contribution in [0.5, 0.6) is 0 Å². The van der Waals surface area contributed by atoms with Crippen LogP contribution in [0.4, 0.5) is 5.69 Å². The number of amides is 1. The summed E-state index contributed by atoms with van der Waals surface area (Å²) >= 11 is 1.45. The van der Waals surface area contributed by atoms with E-state index in [1.54, 1.807) is 0 Å². The first-order valence-corrected chi connectivity index (χ1v) is 9.57. The van der Waals surface area contributed by atoms with Crippen molar-refractivity contribution >= 4 is 34.0 Å². The quantitative estimate of drug-likeness (QED) is 0.500. The molecule has 5 nitrogen and oxygen atoms in total. The minimum absolute atomic E-state index is 0.133. The number of thiazole rings is 1. The molecule has 2 aromatic carbocycles. The van der Waals surface area contributed by atoms with Gasteiger partial charge in [-0.15, -0.1) is 11.3 Å². The van der Waals surface area contributed by atoms with Gasteiger partial charge in [-0.3, -0.25) is 4.79 Å². The second-order valence-electron chi connectivity index (χ2n) is 6.64. The summed E-state index contributed by atoms with van der Waals surface area (Å²) in [6.45, 7) is 6.02. The minimum atomic E-state index is -0.133. The fraction of sp³-hybridized carbons (Fsp3) is 0.190. The highest BCUT2D eigenvalue weighted by atomic mass is 32.1. The van der Waals surface area contributed by atoms with Crippen LogP contribution in [0.2, 0.25) is 0 Å². The zero-order valence-electron chi connectivity index (χ0n) is 15.3. The number of anilines is 1. The van der Waals surface area contributed by atoms with Crippen LogP contribution >= 0.6 is 11.3 Å². The molecule has 0 fully saturated rings. The standard InChI is InChI=1S/C21H19N3O2S/c1-12(2)21-22-13(3)18(27-21)19(25)23-15-10-8-14(9-11-15)20-24-16-6-4-5-7-17(16)26-20/h4-12H,1-3H3,(H,23,25). The first kappa shape index (κ1) is 17.4. The van der Waals surface area contributed by atoms with E-state index in [9.17, 15) is 4.79 Å². The van der Waals surface area contributed by atoms with Gasteiger partial charge >= 0.3 is 0 Å². The molecular weight excluding hydrogens is 358 g/mol. The van der Waals surface area contributed by atoms with Gasteiger partial charge in [0.15, 0.2) is 5.58 Å². The van der Waals surface area contributed by atoms with Crippen LogP contribution in [0.1, 0.15) is 40.1 Å². The van der Waals surface area contributed by atoms with Crippen molar-refractivity contribution in [2.75, 3.05) is 5.32 Å². The number of aryl methyl sites for hydroxylation is 1. The predicted octanol–water partition coefficient (Wildman–Crippen LogP) is 5.64. The number of aromatic nitrogens is 2. The number of nitrogens with zero attached hydrogens (tertiary/aromatic N) is 2. The Morgan fingerprint density at radius 1 is 1.07 bits per heavy atom. The fourth-order valence-corrected chi connectivity index (χ4v) is 3.72. The Bertz CT molecular complexity index is 1080. The molecule has 0 atom stereocenters. The molecule has 0 saturated heterocycles. The van der Waals surface area contributed by atoms with Crippen LogP contribution in [0.25, 0.3) is 22.6 Å². The molecule has 0 unspecified atom stereocenters. The van der Waals surface area contributed by atoms with E-state index in [1.165, 1.54) is 11.3 Å². The summed E-state index contributed by atoms with van der Waals surface area (Å²) in [4.78, 5) is 22.2. The average Bonchev–Trinajstić information content (AvgIpc) is 3.26. The molecule has 4 rings (SSSR count). The molecule has 136 valence electrons. The van der Waals surface area contributed by atoms with E-state index in [0.29, 0.717) is 16.7 Å². The molecule has 1 amide bonds. The van der Waals surface area contributed by atoms with Crippen molar-refractivity contribution in [2.45, 2.75) is 26.7 Å². The summed E-state index contributed by atoms with van der Waals surface area (Å²) in [6, 6.07) is 15.1. The van der Waals surface area contributed by atoms with E-state index < -0.39 is 0 Å². The van der Waals surface area contributed by atoms with Gasteiger partial charge in [-0.1, -0.05) is 26.0 Å². The van der Waals surface area contributed by atoms with Gasteiger partial charge in [0.25, 0.3) is 5.91 Å². The molecule has 4 aromatic rings. The number of hydrogen-bond donors (Lipinski definition) is 1. The highest BCUT2D eigenvalue weighted by molar-refractivity contribution is 7.14. The Morgan fingerprint density at radius 3 is 2.48 bits per heavy atom. The summed E-state index contributed by atoms with van der Waals surface area (Å²) < 4.78 is 5.78. The molecule has 0 radical (unpaired) electrons. The Hall–Kier alpha value is -2.99. The van der Waals surface area contributed by atoms with Crippen molar-refractivity contribution in [1.29, 1.82) is 0 Å². The molecule has 2 aromatic heterocycles. The number of fused-ring (bicyclic) bond motifs is 1. The lowest BCUT2D eigenvalue weighted by Crippen LogP contribution is -2.11. The van der Waals surface area contributed by atoms with E-state index in [4.69, 9.17) is 4.42 Å². The molecule has 0 spiro atoms. The van der Waals surface area contributed by atoms with Crippen LogP contribution in [0, 0.1) is 6.92 Å². The van der Waals surface area contributed by atoms with Gasteiger partial charge in [0.2, 0.25) is 5.89 Å². The molecule has 0 aliphatic heterocycles. The third-order valence-electron chi connectivity index (χ3n) is 4.20.